The summed E-state index contributed by atoms with van der Waals surface area (Å²) in [4.78, 5) is 13.5. The molecule has 2 heterocycles. The van der Waals surface area contributed by atoms with Gasteiger partial charge >= 0.3 is 0 Å². The zero-order valence-electron chi connectivity index (χ0n) is 18.4. The summed E-state index contributed by atoms with van der Waals surface area (Å²) in [6, 6.07) is 15.5. The van der Waals surface area contributed by atoms with E-state index in [1.807, 2.05) is 25.1 Å². The largest absolute Gasteiger partial charge is 0.488 e. The van der Waals surface area contributed by atoms with Gasteiger partial charge in [0.25, 0.3) is 0 Å². The molecule has 168 valence electrons. The van der Waals surface area contributed by atoms with Gasteiger partial charge in [0, 0.05) is 11.6 Å². The molecule has 0 atom stereocenters. The molecule has 0 amide bonds. The van der Waals surface area contributed by atoms with Crippen molar-refractivity contribution in [3.05, 3.63) is 87.5 Å². The first kappa shape index (κ1) is 21.1. The van der Waals surface area contributed by atoms with Crippen LogP contribution in [0, 0.1) is 12.7 Å². The third-order valence-corrected chi connectivity index (χ3v) is 5.80. The van der Waals surface area contributed by atoms with Crippen molar-refractivity contribution in [1.82, 2.24) is 0 Å². The smallest absolute Gasteiger partial charge is 0.200 e. The summed E-state index contributed by atoms with van der Waals surface area (Å²) < 4.78 is 37.2. The topological polar surface area (TPSA) is 57.9 Å². The molecule has 1 aliphatic rings. The number of hydrogen-bond acceptors (Lipinski definition) is 5. The first-order valence-corrected chi connectivity index (χ1v) is 10.9. The van der Waals surface area contributed by atoms with Gasteiger partial charge in [0.1, 0.15) is 42.7 Å². The van der Waals surface area contributed by atoms with Crippen LogP contribution in [-0.4, -0.2) is 13.2 Å². The summed E-state index contributed by atoms with van der Waals surface area (Å²) in [5.41, 5.74) is 2.82. The summed E-state index contributed by atoms with van der Waals surface area (Å²) in [7, 11) is 0. The quantitative estimate of drug-likeness (QED) is 0.387. The summed E-state index contributed by atoms with van der Waals surface area (Å²) in [6.07, 6.45) is 0.648. The highest BCUT2D eigenvalue weighted by Gasteiger charge is 2.19. The zero-order valence-corrected chi connectivity index (χ0v) is 18.4. The fraction of sp³-hybridized carbons (Fsp3) is 0.222. The summed E-state index contributed by atoms with van der Waals surface area (Å²) in [5.74, 6) is 2.03. The lowest BCUT2D eigenvalue weighted by molar-refractivity contribution is 0.171. The van der Waals surface area contributed by atoms with Crippen LogP contribution >= 0.6 is 0 Å². The van der Waals surface area contributed by atoms with Crippen molar-refractivity contribution in [2.75, 3.05) is 13.2 Å². The van der Waals surface area contributed by atoms with Gasteiger partial charge in [0.2, 0.25) is 5.43 Å². The maximum absolute atomic E-state index is 14.0. The monoisotopic (exact) mass is 446 g/mol. The van der Waals surface area contributed by atoms with E-state index < -0.39 is 0 Å². The molecule has 0 spiro atoms. The van der Waals surface area contributed by atoms with Crippen molar-refractivity contribution in [3.63, 3.8) is 0 Å². The van der Waals surface area contributed by atoms with Gasteiger partial charge in [-0.25, -0.2) is 4.39 Å². The number of hydrogen-bond donors (Lipinski definition) is 0. The highest BCUT2D eigenvalue weighted by atomic mass is 19.1. The van der Waals surface area contributed by atoms with Crippen LogP contribution in [-0.2, 0) is 13.0 Å². The Balaban J connectivity index is 1.56. The van der Waals surface area contributed by atoms with Gasteiger partial charge in [0.15, 0.2) is 11.5 Å². The van der Waals surface area contributed by atoms with E-state index in [2.05, 4.69) is 0 Å². The van der Waals surface area contributed by atoms with E-state index in [9.17, 15) is 9.18 Å². The van der Waals surface area contributed by atoms with Crippen LogP contribution in [0.25, 0.3) is 22.1 Å². The minimum absolute atomic E-state index is 0.0870. The molecule has 5 rings (SSSR count). The Bertz CT molecular complexity index is 1410. The molecule has 1 aromatic heterocycles. The Morgan fingerprint density at radius 3 is 2.55 bits per heavy atom. The molecule has 0 saturated carbocycles. The van der Waals surface area contributed by atoms with Crippen molar-refractivity contribution in [1.29, 1.82) is 0 Å². The van der Waals surface area contributed by atoms with Gasteiger partial charge in [-0.3, -0.25) is 4.79 Å². The van der Waals surface area contributed by atoms with Crippen molar-refractivity contribution >= 4 is 11.0 Å². The molecule has 33 heavy (non-hydrogen) atoms. The average molecular weight is 446 g/mol. The number of halogens is 1. The molecule has 4 aromatic rings. The van der Waals surface area contributed by atoms with Crippen LogP contribution in [0.4, 0.5) is 4.39 Å². The van der Waals surface area contributed by atoms with Crippen molar-refractivity contribution in [3.8, 4) is 28.4 Å². The van der Waals surface area contributed by atoms with E-state index in [0.717, 1.165) is 5.56 Å². The Hall–Kier alpha value is -3.80. The van der Waals surface area contributed by atoms with Crippen LogP contribution < -0.4 is 19.6 Å². The highest BCUT2D eigenvalue weighted by molar-refractivity contribution is 5.85. The highest BCUT2D eigenvalue weighted by Crippen LogP contribution is 2.36. The molecule has 6 heteroatoms. The third-order valence-electron chi connectivity index (χ3n) is 5.80. The molecular formula is C27H23FO5. The number of benzene rings is 3. The van der Waals surface area contributed by atoms with Crippen molar-refractivity contribution in [2.45, 2.75) is 26.9 Å². The molecule has 0 radical (unpaired) electrons. The minimum Gasteiger partial charge on any atom is -0.488 e. The maximum atomic E-state index is 14.0. The Morgan fingerprint density at radius 2 is 1.76 bits per heavy atom. The predicted octanol–water partition coefficient (Wildman–Crippen LogP) is 5.82. The van der Waals surface area contributed by atoms with E-state index in [1.54, 1.807) is 37.3 Å². The molecule has 3 aromatic carbocycles. The molecule has 0 fully saturated rings. The molecule has 1 aliphatic heterocycles. The van der Waals surface area contributed by atoms with Gasteiger partial charge < -0.3 is 18.6 Å². The summed E-state index contributed by atoms with van der Waals surface area (Å²) in [6.45, 7) is 4.81. The van der Waals surface area contributed by atoms with E-state index in [0.29, 0.717) is 70.3 Å². The summed E-state index contributed by atoms with van der Waals surface area (Å²) >= 11 is 0. The minimum atomic E-state index is -0.317. The van der Waals surface area contributed by atoms with Gasteiger partial charge in [-0.2, -0.15) is 0 Å². The lowest BCUT2D eigenvalue weighted by Crippen LogP contribution is -2.15. The number of fused-ring (bicyclic) bond motifs is 2. The second-order valence-corrected chi connectivity index (χ2v) is 7.91. The Morgan fingerprint density at radius 1 is 0.970 bits per heavy atom. The molecule has 0 saturated heterocycles. The Kier molecular flexibility index (Phi) is 5.50. The van der Waals surface area contributed by atoms with Crippen LogP contribution in [0.1, 0.15) is 23.8 Å². The lowest BCUT2D eigenvalue weighted by atomic mass is 10.00. The van der Waals surface area contributed by atoms with Gasteiger partial charge in [-0.1, -0.05) is 31.2 Å². The van der Waals surface area contributed by atoms with Gasteiger partial charge in [0.05, 0.1) is 10.9 Å². The molecule has 5 nitrogen and oxygen atoms in total. The van der Waals surface area contributed by atoms with Crippen LogP contribution in [0.2, 0.25) is 0 Å². The number of aryl methyl sites for hydroxylation is 2. The lowest BCUT2D eigenvalue weighted by Gasteiger charge is -2.19. The van der Waals surface area contributed by atoms with Crippen LogP contribution in [0.15, 0.2) is 63.8 Å². The van der Waals surface area contributed by atoms with E-state index in [-0.39, 0.29) is 17.9 Å². The fourth-order valence-electron chi connectivity index (χ4n) is 4.09. The number of ether oxygens (including phenoxy) is 3. The van der Waals surface area contributed by atoms with E-state index >= 15 is 0 Å². The third kappa shape index (κ3) is 3.93. The van der Waals surface area contributed by atoms with Gasteiger partial charge in [-0.05, 0) is 48.7 Å². The molecule has 0 aliphatic carbocycles. The van der Waals surface area contributed by atoms with E-state index in [4.69, 9.17) is 18.6 Å². The second-order valence-electron chi connectivity index (χ2n) is 7.91. The van der Waals surface area contributed by atoms with Crippen molar-refractivity contribution in [2.24, 2.45) is 0 Å². The van der Waals surface area contributed by atoms with Crippen LogP contribution in [0.5, 0.6) is 17.2 Å². The molecule has 0 bridgehead atoms. The second kappa shape index (κ2) is 8.62. The van der Waals surface area contributed by atoms with E-state index in [1.165, 1.54) is 6.07 Å². The first-order valence-electron chi connectivity index (χ1n) is 10.9. The van der Waals surface area contributed by atoms with Crippen LogP contribution in [0.3, 0.4) is 0 Å². The SMILES string of the molecule is CCc1cc2c(=O)c(-c3ccc4c(c3)OCCO4)c(C)oc2cc1OCc1ccccc1F. The zero-order chi connectivity index (χ0) is 22.9. The first-order chi connectivity index (χ1) is 16.0. The number of rotatable bonds is 5. The van der Waals surface area contributed by atoms with Crippen molar-refractivity contribution < 1.29 is 23.0 Å². The normalized spacial score (nSPS) is 12.7. The molecule has 0 unspecified atom stereocenters. The maximum Gasteiger partial charge on any atom is 0.200 e. The fourth-order valence-corrected chi connectivity index (χ4v) is 4.09. The summed E-state index contributed by atoms with van der Waals surface area (Å²) in [5, 5.41) is 0.473. The molecular weight excluding hydrogens is 423 g/mol. The van der Waals surface area contributed by atoms with Gasteiger partial charge in [-0.15, -0.1) is 0 Å². The Labute approximate surface area is 190 Å². The standard InChI is InChI=1S/C27H23FO5/c1-3-17-12-20-24(14-23(17)32-15-19-6-4-5-7-21(19)28)33-16(2)26(27(20)29)18-8-9-22-25(13-18)31-11-10-30-22/h4-9,12-14H,3,10-11,15H2,1-2H3. The predicted molar refractivity (Wildman–Crippen MR) is 124 cm³/mol. The molecule has 0 N–H and O–H groups in total. The average Bonchev–Trinajstić information content (AvgIpc) is 2.83.